The zero-order valence-corrected chi connectivity index (χ0v) is 8.80. The lowest BCUT2D eigenvalue weighted by atomic mass is 9.86. The molecule has 0 aliphatic rings. The molecule has 0 atom stereocenters. The van der Waals surface area contributed by atoms with Crippen molar-refractivity contribution in [1.29, 1.82) is 0 Å². The fourth-order valence-corrected chi connectivity index (χ4v) is 1.36. The van der Waals surface area contributed by atoms with Crippen LogP contribution in [0.1, 0.15) is 31.9 Å². The summed E-state index contributed by atoms with van der Waals surface area (Å²) >= 11 is 0. The molecule has 0 saturated heterocycles. The van der Waals surface area contributed by atoms with E-state index in [1.807, 2.05) is 0 Å². The average Bonchev–Trinajstić information content (AvgIpc) is 2.04. The molecule has 0 heterocycles. The van der Waals surface area contributed by atoms with Crippen LogP contribution in [-0.2, 0) is 11.8 Å². The molecule has 2 N–H and O–H groups in total. The van der Waals surface area contributed by atoms with Gasteiger partial charge in [0.05, 0.1) is 0 Å². The number of benzene rings is 1. The Kier molecular flexibility index (Phi) is 3.10. The predicted octanol–water partition coefficient (Wildman–Crippen LogP) is 2.49. The molecule has 1 aromatic carbocycles. The van der Waals surface area contributed by atoms with Gasteiger partial charge in [-0.3, -0.25) is 0 Å². The second-order valence-electron chi connectivity index (χ2n) is 4.49. The van der Waals surface area contributed by atoms with Crippen LogP contribution in [0.3, 0.4) is 0 Å². The number of nitrogens with two attached hydrogens (primary N) is 1. The van der Waals surface area contributed by atoms with E-state index in [4.69, 9.17) is 5.73 Å². The summed E-state index contributed by atoms with van der Waals surface area (Å²) in [6.45, 7) is 7.42. The van der Waals surface area contributed by atoms with E-state index >= 15 is 0 Å². The second-order valence-corrected chi connectivity index (χ2v) is 4.49. The molecule has 0 unspecified atom stereocenters. The van der Waals surface area contributed by atoms with Crippen molar-refractivity contribution in [3.05, 3.63) is 35.4 Å². The van der Waals surface area contributed by atoms with Crippen LogP contribution in [0.4, 0.5) is 0 Å². The fourth-order valence-electron chi connectivity index (χ4n) is 1.36. The standard InChI is InChI=1S/C12H19N/c1-12(2,3)11-6-4-5-10(9-11)7-8-13/h4-6,9H,7-8,13H2,1-3H3. The Morgan fingerprint density at radius 3 is 2.46 bits per heavy atom. The first-order valence-corrected chi connectivity index (χ1v) is 4.83. The average molecular weight is 177 g/mol. The summed E-state index contributed by atoms with van der Waals surface area (Å²) in [6.07, 6.45) is 0.976. The monoisotopic (exact) mass is 177 g/mol. The van der Waals surface area contributed by atoms with E-state index in [1.165, 1.54) is 11.1 Å². The van der Waals surface area contributed by atoms with Crippen molar-refractivity contribution in [2.75, 3.05) is 6.54 Å². The third-order valence-corrected chi connectivity index (χ3v) is 2.23. The maximum absolute atomic E-state index is 5.52. The van der Waals surface area contributed by atoms with E-state index in [1.54, 1.807) is 0 Å². The van der Waals surface area contributed by atoms with Gasteiger partial charge in [0.2, 0.25) is 0 Å². The quantitative estimate of drug-likeness (QED) is 0.738. The van der Waals surface area contributed by atoms with E-state index < -0.39 is 0 Å². The molecule has 0 saturated carbocycles. The third-order valence-electron chi connectivity index (χ3n) is 2.23. The van der Waals surface area contributed by atoms with E-state index in [2.05, 4.69) is 45.0 Å². The van der Waals surface area contributed by atoms with E-state index in [0.29, 0.717) is 0 Å². The van der Waals surface area contributed by atoms with Crippen LogP contribution in [0.5, 0.6) is 0 Å². The van der Waals surface area contributed by atoms with Gasteiger partial charge in [-0.05, 0) is 29.5 Å². The summed E-state index contributed by atoms with van der Waals surface area (Å²) in [5, 5.41) is 0. The molecule has 0 aliphatic heterocycles. The molecule has 1 rings (SSSR count). The van der Waals surface area contributed by atoms with Gasteiger partial charge in [-0.15, -0.1) is 0 Å². The van der Waals surface area contributed by atoms with Crippen LogP contribution in [-0.4, -0.2) is 6.54 Å². The van der Waals surface area contributed by atoms with Crippen LogP contribution >= 0.6 is 0 Å². The highest BCUT2D eigenvalue weighted by molar-refractivity contribution is 5.28. The van der Waals surface area contributed by atoms with E-state index in [0.717, 1.165) is 13.0 Å². The Labute approximate surface area is 81.0 Å². The number of hydrogen-bond donors (Lipinski definition) is 1. The Hall–Kier alpha value is -0.820. The summed E-state index contributed by atoms with van der Waals surface area (Å²) in [5.41, 5.74) is 8.49. The van der Waals surface area contributed by atoms with Gasteiger partial charge in [0, 0.05) is 0 Å². The topological polar surface area (TPSA) is 26.0 Å². The maximum Gasteiger partial charge on any atom is -0.00367 e. The minimum atomic E-state index is 0.241. The highest BCUT2D eigenvalue weighted by Gasteiger charge is 2.12. The lowest BCUT2D eigenvalue weighted by molar-refractivity contribution is 0.589. The van der Waals surface area contributed by atoms with Crippen LogP contribution < -0.4 is 5.73 Å². The fraction of sp³-hybridized carbons (Fsp3) is 0.500. The highest BCUT2D eigenvalue weighted by Crippen LogP contribution is 2.22. The molecule has 1 heteroatoms. The van der Waals surface area contributed by atoms with Gasteiger partial charge in [0.25, 0.3) is 0 Å². The second kappa shape index (κ2) is 3.93. The summed E-state index contributed by atoms with van der Waals surface area (Å²) in [6, 6.07) is 8.69. The Bertz CT molecular complexity index is 271. The Morgan fingerprint density at radius 1 is 1.23 bits per heavy atom. The molecule has 0 bridgehead atoms. The smallest absolute Gasteiger partial charge is 0.00367 e. The van der Waals surface area contributed by atoms with Gasteiger partial charge in [-0.25, -0.2) is 0 Å². The summed E-state index contributed by atoms with van der Waals surface area (Å²) in [4.78, 5) is 0. The van der Waals surface area contributed by atoms with Crippen LogP contribution in [0.25, 0.3) is 0 Å². The zero-order chi connectivity index (χ0) is 9.90. The third kappa shape index (κ3) is 2.85. The first-order chi connectivity index (χ1) is 6.04. The molecular weight excluding hydrogens is 158 g/mol. The van der Waals surface area contributed by atoms with E-state index in [-0.39, 0.29) is 5.41 Å². The van der Waals surface area contributed by atoms with Crippen LogP contribution in [0, 0.1) is 0 Å². The zero-order valence-electron chi connectivity index (χ0n) is 8.80. The first kappa shape index (κ1) is 10.3. The summed E-state index contributed by atoms with van der Waals surface area (Å²) in [7, 11) is 0. The maximum atomic E-state index is 5.52. The largest absolute Gasteiger partial charge is 0.330 e. The molecule has 1 nitrogen and oxygen atoms in total. The van der Waals surface area contributed by atoms with Crippen molar-refractivity contribution in [3.8, 4) is 0 Å². The number of hydrogen-bond acceptors (Lipinski definition) is 1. The summed E-state index contributed by atoms with van der Waals surface area (Å²) < 4.78 is 0. The van der Waals surface area contributed by atoms with Crippen molar-refractivity contribution in [2.24, 2.45) is 5.73 Å². The van der Waals surface area contributed by atoms with Gasteiger partial charge < -0.3 is 5.73 Å². The van der Waals surface area contributed by atoms with Gasteiger partial charge >= 0.3 is 0 Å². The molecule has 0 amide bonds. The van der Waals surface area contributed by atoms with Crippen molar-refractivity contribution in [2.45, 2.75) is 32.6 Å². The molecule has 0 aliphatic carbocycles. The van der Waals surface area contributed by atoms with Crippen molar-refractivity contribution >= 4 is 0 Å². The highest BCUT2D eigenvalue weighted by atomic mass is 14.5. The lowest BCUT2D eigenvalue weighted by Gasteiger charge is -2.19. The molecule has 0 radical (unpaired) electrons. The van der Waals surface area contributed by atoms with Gasteiger partial charge in [0.1, 0.15) is 0 Å². The minimum absolute atomic E-state index is 0.241. The molecule has 0 fully saturated rings. The minimum Gasteiger partial charge on any atom is -0.330 e. The summed E-state index contributed by atoms with van der Waals surface area (Å²) in [5.74, 6) is 0. The normalized spacial score (nSPS) is 11.7. The lowest BCUT2D eigenvalue weighted by Crippen LogP contribution is -2.12. The van der Waals surface area contributed by atoms with Crippen molar-refractivity contribution in [1.82, 2.24) is 0 Å². The molecule has 13 heavy (non-hydrogen) atoms. The van der Waals surface area contributed by atoms with Crippen LogP contribution in [0.15, 0.2) is 24.3 Å². The first-order valence-electron chi connectivity index (χ1n) is 4.83. The molecule has 1 aromatic rings. The van der Waals surface area contributed by atoms with E-state index in [9.17, 15) is 0 Å². The molecule has 0 aromatic heterocycles. The SMILES string of the molecule is CC(C)(C)c1cccc(CCN)c1. The van der Waals surface area contributed by atoms with Gasteiger partial charge in [-0.2, -0.15) is 0 Å². The molecular formula is C12H19N. The van der Waals surface area contributed by atoms with Gasteiger partial charge in [-0.1, -0.05) is 45.0 Å². The van der Waals surface area contributed by atoms with Crippen molar-refractivity contribution < 1.29 is 0 Å². The van der Waals surface area contributed by atoms with Gasteiger partial charge in [0.15, 0.2) is 0 Å². The number of rotatable bonds is 2. The molecule has 72 valence electrons. The molecule has 0 spiro atoms. The Morgan fingerprint density at radius 2 is 1.92 bits per heavy atom. The Balaban J connectivity index is 2.92. The van der Waals surface area contributed by atoms with Crippen LogP contribution in [0.2, 0.25) is 0 Å². The van der Waals surface area contributed by atoms with Crippen molar-refractivity contribution in [3.63, 3.8) is 0 Å². The predicted molar refractivity (Wildman–Crippen MR) is 57.9 cm³/mol.